The summed E-state index contributed by atoms with van der Waals surface area (Å²) in [6.45, 7) is 11.5. The highest BCUT2D eigenvalue weighted by Crippen LogP contribution is 2.38. The van der Waals surface area contributed by atoms with Crippen LogP contribution in [-0.4, -0.2) is 66.4 Å². The van der Waals surface area contributed by atoms with Crippen LogP contribution in [0.15, 0.2) is 18.2 Å². The summed E-state index contributed by atoms with van der Waals surface area (Å²) in [5.74, 6) is 0.159. The van der Waals surface area contributed by atoms with Crippen LogP contribution in [0.25, 0.3) is 0 Å². The van der Waals surface area contributed by atoms with Crippen LogP contribution >= 0.6 is 0 Å². The fourth-order valence-electron chi connectivity index (χ4n) is 3.57. The molecule has 0 aromatic heterocycles. The SMILES string of the molecule is CCOC(=O)C(C)N1C(=O)COc2ccc(OC3(C)CN(C(=O)OC(C)(C)C)C3)cc21. The van der Waals surface area contributed by atoms with Gasteiger partial charge in [0.2, 0.25) is 0 Å². The van der Waals surface area contributed by atoms with E-state index in [1.165, 1.54) is 4.90 Å². The second-order valence-electron chi connectivity index (χ2n) is 9.00. The minimum Gasteiger partial charge on any atom is -0.484 e. The fourth-order valence-corrected chi connectivity index (χ4v) is 3.57. The topological polar surface area (TPSA) is 94.6 Å². The standard InChI is InChI=1S/C22H30N2O7/c1-7-28-19(26)14(2)24-16-10-15(8-9-17(16)29-11-18(24)25)30-22(6)12-23(13-22)20(27)31-21(3,4)5/h8-10,14H,7,11-13H2,1-6H3. The van der Waals surface area contributed by atoms with Crippen molar-refractivity contribution in [2.24, 2.45) is 0 Å². The first-order chi connectivity index (χ1) is 14.4. The molecule has 2 aliphatic heterocycles. The van der Waals surface area contributed by atoms with Crippen LogP contribution in [0.4, 0.5) is 10.5 Å². The number of hydrogen-bond acceptors (Lipinski definition) is 7. The van der Waals surface area contributed by atoms with Gasteiger partial charge in [-0.15, -0.1) is 0 Å². The van der Waals surface area contributed by atoms with Crippen LogP contribution in [0.1, 0.15) is 41.5 Å². The number of likely N-dealkylation sites (tertiary alicyclic amines) is 1. The smallest absolute Gasteiger partial charge is 0.410 e. The molecule has 0 bridgehead atoms. The van der Waals surface area contributed by atoms with Gasteiger partial charge in [0.25, 0.3) is 5.91 Å². The number of rotatable bonds is 5. The summed E-state index contributed by atoms with van der Waals surface area (Å²) in [4.78, 5) is 39.9. The molecule has 2 aliphatic rings. The van der Waals surface area contributed by atoms with Gasteiger partial charge >= 0.3 is 12.1 Å². The van der Waals surface area contributed by atoms with E-state index in [9.17, 15) is 14.4 Å². The van der Waals surface area contributed by atoms with Crippen molar-refractivity contribution >= 4 is 23.7 Å². The van der Waals surface area contributed by atoms with Crippen molar-refractivity contribution in [1.82, 2.24) is 4.90 Å². The van der Waals surface area contributed by atoms with Gasteiger partial charge in [0, 0.05) is 6.07 Å². The Kier molecular flexibility index (Phi) is 6.07. The Hall–Kier alpha value is -2.97. The van der Waals surface area contributed by atoms with Crippen molar-refractivity contribution in [3.63, 3.8) is 0 Å². The lowest BCUT2D eigenvalue weighted by molar-refractivity contribution is -0.145. The molecule has 3 rings (SSSR count). The molecule has 1 atom stereocenters. The highest BCUT2D eigenvalue weighted by molar-refractivity contribution is 6.02. The summed E-state index contributed by atoms with van der Waals surface area (Å²) in [7, 11) is 0. The highest BCUT2D eigenvalue weighted by atomic mass is 16.6. The van der Waals surface area contributed by atoms with Crippen molar-refractivity contribution in [3.8, 4) is 11.5 Å². The molecule has 1 aromatic carbocycles. The number of esters is 1. The predicted molar refractivity (Wildman–Crippen MR) is 112 cm³/mol. The summed E-state index contributed by atoms with van der Waals surface area (Å²) < 4.78 is 22.1. The highest BCUT2D eigenvalue weighted by Gasteiger charge is 2.45. The monoisotopic (exact) mass is 434 g/mol. The van der Waals surface area contributed by atoms with Gasteiger partial charge < -0.3 is 23.8 Å². The second-order valence-corrected chi connectivity index (χ2v) is 9.00. The van der Waals surface area contributed by atoms with Crippen LogP contribution in [0.5, 0.6) is 11.5 Å². The van der Waals surface area contributed by atoms with Crippen molar-refractivity contribution in [1.29, 1.82) is 0 Å². The molecule has 2 amide bonds. The number of amides is 2. The van der Waals surface area contributed by atoms with Gasteiger partial charge in [0.05, 0.1) is 25.4 Å². The summed E-state index contributed by atoms with van der Waals surface area (Å²) in [6.07, 6.45) is -0.382. The molecule has 1 unspecified atom stereocenters. The van der Waals surface area contributed by atoms with E-state index in [0.29, 0.717) is 30.3 Å². The first-order valence-corrected chi connectivity index (χ1v) is 10.3. The molecule has 0 N–H and O–H groups in total. The predicted octanol–water partition coefficient (Wildman–Crippen LogP) is 2.75. The molecule has 1 aromatic rings. The van der Waals surface area contributed by atoms with Gasteiger partial charge in [-0.05, 0) is 53.7 Å². The van der Waals surface area contributed by atoms with Crippen molar-refractivity contribution < 1.29 is 33.3 Å². The van der Waals surface area contributed by atoms with Gasteiger partial charge in [0.15, 0.2) is 6.61 Å². The average molecular weight is 434 g/mol. The second kappa shape index (κ2) is 8.28. The summed E-state index contributed by atoms with van der Waals surface area (Å²) in [5, 5.41) is 0. The Labute approximate surface area is 182 Å². The number of ether oxygens (including phenoxy) is 4. The van der Waals surface area contributed by atoms with E-state index in [1.54, 1.807) is 36.9 Å². The molecule has 1 fully saturated rings. The van der Waals surface area contributed by atoms with Crippen molar-refractivity contribution in [3.05, 3.63) is 18.2 Å². The van der Waals surface area contributed by atoms with Crippen molar-refractivity contribution in [2.45, 2.75) is 58.8 Å². The average Bonchev–Trinajstić information content (AvgIpc) is 2.64. The maximum atomic E-state index is 12.5. The maximum absolute atomic E-state index is 12.5. The van der Waals surface area contributed by atoms with E-state index in [-0.39, 0.29) is 25.2 Å². The molecule has 1 saturated heterocycles. The number of hydrogen-bond donors (Lipinski definition) is 0. The molecule has 9 heteroatoms. The minimum atomic E-state index is -0.799. The number of carbonyl (C=O) groups excluding carboxylic acids is 3. The third-order valence-corrected chi connectivity index (χ3v) is 4.89. The molecule has 170 valence electrons. The van der Waals surface area contributed by atoms with E-state index in [1.807, 2.05) is 27.7 Å². The molecule has 0 radical (unpaired) electrons. The minimum absolute atomic E-state index is 0.153. The van der Waals surface area contributed by atoms with Crippen molar-refractivity contribution in [2.75, 3.05) is 31.2 Å². The molecule has 9 nitrogen and oxygen atoms in total. The molecule has 0 spiro atoms. The first-order valence-electron chi connectivity index (χ1n) is 10.3. The molecule has 31 heavy (non-hydrogen) atoms. The van der Waals surface area contributed by atoms with Gasteiger partial charge in [-0.3, -0.25) is 9.69 Å². The fraction of sp³-hybridized carbons (Fsp3) is 0.591. The zero-order valence-electron chi connectivity index (χ0n) is 18.9. The third kappa shape index (κ3) is 5.03. The first kappa shape index (κ1) is 22.7. The Morgan fingerprint density at radius 1 is 1.26 bits per heavy atom. The lowest BCUT2D eigenvalue weighted by atomic mass is 9.97. The lowest BCUT2D eigenvalue weighted by Gasteiger charge is -2.47. The van der Waals surface area contributed by atoms with Gasteiger partial charge in [-0.25, -0.2) is 9.59 Å². The Morgan fingerprint density at radius 3 is 2.55 bits per heavy atom. The molecule has 0 saturated carbocycles. The number of anilines is 1. The molecular formula is C22H30N2O7. The Balaban J connectivity index is 1.73. The third-order valence-electron chi connectivity index (χ3n) is 4.89. The van der Waals surface area contributed by atoms with Gasteiger partial charge in [-0.1, -0.05) is 0 Å². The van der Waals surface area contributed by atoms with Crippen LogP contribution in [0.3, 0.4) is 0 Å². The normalized spacial score (nSPS) is 18.3. The van der Waals surface area contributed by atoms with Crippen LogP contribution in [0.2, 0.25) is 0 Å². The maximum Gasteiger partial charge on any atom is 0.410 e. The van der Waals surface area contributed by atoms with Gasteiger partial charge in [0.1, 0.15) is 28.7 Å². The molecule has 0 aliphatic carbocycles. The van der Waals surface area contributed by atoms with E-state index in [2.05, 4.69) is 0 Å². The van der Waals surface area contributed by atoms with Crippen LogP contribution in [-0.2, 0) is 19.1 Å². The summed E-state index contributed by atoms with van der Waals surface area (Å²) in [6, 6.07) is 4.31. The largest absolute Gasteiger partial charge is 0.484 e. The van der Waals surface area contributed by atoms with Gasteiger partial charge in [-0.2, -0.15) is 0 Å². The zero-order chi connectivity index (χ0) is 23.0. The number of fused-ring (bicyclic) bond motifs is 1. The number of nitrogens with zero attached hydrogens (tertiary/aromatic N) is 2. The molecular weight excluding hydrogens is 404 g/mol. The Morgan fingerprint density at radius 2 is 1.94 bits per heavy atom. The van der Waals surface area contributed by atoms with Crippen LogP contribution in [0, 0.1) is 0 Å². The van der Waals surface area contributed by atoms with E-state index < -0.39 is 23.2 Å². The van der Waals surface area contributed by atoms with E-state index in [4.69, 9.17) is 18.9 Å². The Bertz CT molecular complexity index is 871. The molecule has 2 heterocycles. The lowest BCUT2D eigenvalue weighted by Crippen LogP contribution is -2.65. The number of carbonyl (C=O) groups is 3. The van der Waals surface area contributed by atoms with E-state index in [0.717, 1.165) is 0 Å². The van der Waals surface area contributed by atoms with Crippen LogP contribution < -0.4 is 14.4 Å². The number of benzene rings is 1. The zero-order valence-corrected chi connectivity index (χ0v) is 18.9. The summed E-state index contributed by atoms with van der Waals surface area (Å²) in [5.41, 5.74) is -0.711. The quantitative estimate of drug-likeness (QED) is 0.658. The van der Waals surface area contributed by atoms with E-state index >= 15 is 0 Å². The summed E-state index contributed by atoms with van der Waals surface area (Å²) >= 11 is 0.